The Bertz CT molecular complexity index is 1150. The number of rotatable bonds is 9. The Kier molecular flexibility index (Phi) is 7.43. The number of benzene rings is 1. The topological polar surface area (TPSA) is 130 Å². The quantitative estimate of drug-likeness (QED) is 0.377. The number of sulfonamides is 1. The Morgan fingerprint density at radius 2 is 1.94 bits per heavy atom. The van der Waals surface area contributed by atoms with Crippen LogP contribution >= 0.6 is 23.1 Å². The van der Waals surface area contributed by atoms with Crippen molar-refractivity contribution in [3.05, 3.63) is 30.6 Å². The summed E-state index contributed by atoms with van der Waals surface area (Å²) in [5.41, 5.74) is 0.702. The molecule has 1 aliphatic rings. The largest absolute Gasteiger partial charge is 0.389 e. The highest BCUT2D eigenvalue weighted by Crippen LogP contribution is 2.29. The maximum atomic E-state index is 12.9. The van der Waals surface area contributed by atoms with Crippen LogP contribution in [0.2, 0.25) is 0 Å². The van der Waals surface area contributed by atoms with Crippen molar-refractivity contribution in [3.63, 3.8) is 0 Å². The van der Waals surface area contributed by atoms with E-state index in [1.54, 1.807) is 42.4 Å². The zero-order chi connectivity index (χ0) is 22.6. The molecule has 4 rings (SSSR count). The molecule has 32 heavy (non-hydrogen) atoms. The molecule has 3 N–H and O–H groups in total. The summed E-state index contributed by atoms with van der Waals surface area (Å²) < 4.78 is 33.2. The van der Waals surface area contributed by atoms with Gasteiger partial charge in [-0.25, -0.2) is 23.4 Å². The Morgan fingerprint density at radius 3 is 2.66 bits per heavy atom. The first kappa shape index (κ1) is 23.1. The van der Waals surface area contributed by atoms with E-state index in [0.29, 0.717) is 42.9 Å². The summed E-state index contributed by atoms with van der Waals surface area (Å²) in [6, 6.07) is 4.94. The highest BCUT2D eigenvalue weighted by atomic mass is 32.2. The minimum atomic E-state index is -3.56. The van der Waals surface area contributed by atoms with Crippen molar-refractivity contribution in [2.24, 2.45) is 0 Å². The summed E-state index contributed by atoms with van der Waals surface area (Å²) in [4.78, 5) is 14.1. The normalized spacial score (nSPS) is 16.2. The third-order valence-electron chi connectivity index (χ3n) is 4.82. The van der Waals surface area contributed by atoms with Crippen molar-refractivity contribution >= 4 is 54.4 Å². The lowest BCUT2D eigenvalue weighted by atomic mass is 10.3. The number of anilines is 2. The standard InChI is InChI=1S/C19H24N6O4S3/c1-30-14-11-21-18(22-12-14)20-9-13(26)10-23-19-24-16-3-2-15(8-17(16)31-19)32(27,28)25-4-6-29-7-5-25/h2-3,8,11-13,26H,4-7,9-10H2,1H3,(H,23,24)(H,20,21,22). The number of hydrogen-bond donors (Lipinski definition) is 3. The summed E-state index contributed by atoms with van der Waals surface area (Å²) in [6.45, 7) is 2.07. The van der Waals surface area contributed by atoms with Gasteiger partial charge in [0.1, 0.15) is 0 Å². The fourth-order valence-electron chi connectivity index (χ4n) is 3.08. The zero-order valence-electron chi connectivity index (χ0n) is 17.4. The third-order valence-corrected chi connectivity index (χ3v) is 8.37. The van der Waals surface area contributed by atoms with Gasteiger partial charge in [-0.2, -0.15) is 4.31 Å². The van der Waals surface area contributed by atoms with E-state index in [4.69, 9.17) is 4.74 Å². The molecule has 0 radical (unpaired) electrons. The Morgan fingerprint density at radius 1 is 1.22 bits per heavy atom. The van der Waals surface area contributed by atoms with Gasteiger partial charge in [-0.05, 0) is 24.5 Å². The molecule has 3 aromatic rings. The first-order chi connectivity index (χ1) is 15.5. The number of thiazole rings is 1. The molecule has 1 aliphatic heterocycles. The van der Waals surface area contributed by atoms with Gasteiger partial charge in [-0.3, -0.25) is 0 Å². The minimum Gasteiger partial charge on any atom is -0.389 e. The van der Waals surface area contributed by atoms with Gasteiger partial charge >= 0.3 is 0 Å². The predicted molar refractivity (Wildman–Crippen MR) is 126 cm³/mol. The van der Waals surface area contributed by atoms with E-state index in [9.17, 15) is 13.5 Å². The maximum absolute atomic E-state index is 12.9. The number of aliphatic hydroxyl groups excluding tert-OH is 1. The van der Waals surface area contributed by atoms with Gasteiger partial charge in [-0.15, -0.1) is 11.8 Å². The lowest BCUT2D eigenvalue weighted by Gasteiger charge is -2.25. The molecule has 2 aromatic heterocycles. The Labute approximate surface area is 194 Å². The van der Waals surface area contributed by atoms with Crippen LogP contribution in [0.25, 0.3) is 10.2 Å². The van der Waals surface area contributed by atoms with Gasteiger partial charge in [0.05, 0.1) is 34.4 Å². The lowest BCUT2D eigenvalue weighted by Crippen LogP contribution is -2.40. The molecule has 13 heteroatoms. The SMILES string of the molecule is CSc1cnc(NCC(O)CNc2nc3ccc(S(=O)(=O)N4CCOCC4)cc3s2)nc1. The molecule has 0 spiro atoms. The first-order valence-electron chi connectivity index (χ1n) is 9.96. The van der Waals surface area contributed by atoms with Crippen LogP contribution < -0.4 is 10.6 Å². The molecule has 1 fully saturated rings. The molecule has 10 nitrogen and oxygen atoms in total. The van der Waals surface area contributed by atoms with Crippen molar-refractivity contribution in [2.75, 3.05) is 56.3 Å². The van der Waals surface area contributed by atoms with Crippen LogP contribution in [0.5, 0.6) is 0 Å². The second kappa shape index (κ2) is 10.3. The lowest BCUT2D eigenvalue weighted by molar-refractivity contribution is 0.0730. The highest BCUT2D eigenvalue weighted by molar-refractivity contribution is 7.98. The van der Waals surface area contributed by atoms with Crippen LogP contribution in [-0.2, 0) is 14.8 Å². The predicted octanol–water partition coefficient (Wildman–Crippen LogP) is 1.71. The van der Waals surface area contributed by atoms with Gasteiger partial charge in [0.15, 0.2) is 5.13 Å². The fraction of sp³-hybridized carbons (Fsp3) is 0.421. The number of morpholine rings is 1. The van der Waals surface area contributed by atoms with Gasteiger partial charge in [0.2, 0.25) is 16.0 Å². The number of hydrogen-bond acceptors (Lipinski definition) is 11. The van der Waals surface area contributed by atoms with Crippen LogP contribution in [-0.4, -0.2) is 84.5 Å². The van der Waals surface area contributed by atoms with E-state index in [1.807, 2.05) is 6.26 Å². The average Bonchev–Trinajstić information content (AvgIpc) is 3.24. The maximum Gasteiger partial charge on any atom is 0.243 e. The number of aliphatic hydroxyl groups is 1. The number of ether oxygens (including phenoxy) is 1. The van der Waals surface area contributed by atoms with Gasteiger partial charge in [0.25, 0.3) is 0 Å². The zero-order valence-corrected chi connectivity index (χ0v) is 19.8. The van der Waals surface area contributed by atoms with E-state index in [0.717, 1.165) is 9.60 Å². The molecular weight excluding hydrogens is 472 g/mol. The third kappa shape index (κ3) is 5.47. The summed E-state index contributed by atoms with van der Waals surface area (Å²) in [5.74, 6) is 0.454. The number of aromatic nitrogens is 3. The van der Waals surface area contributed by atoms with Crippen molar-refractivity contribution < 1.29 is 18.3 Å². The fourth-order valence-corrected chi connectivity index (χ4v) is 5.81. The van der Waals surface area contributed by atoms with E-state index in [1.165, 1.54) is 15.6 Å². The molecule has 1 aromatic carbocycles. The molecule has 0 saturated carbocycles. The average molecular weight is 497 g/mol. The van der Waals surface area contributed by atoms with E-state index in [-0.39, 0.29) is 18.0 Å². The number of fused-ring (bicyclic) bond motifs is 1. The van der Waals surface area contributed by atoms with Crippen LogP contribution in [0.4, 0.5) is 11.1 Å². The van der Waals surface area contributed by atoms with Crippen LogP contribution in [0.1, 0.15) is 0 Å². The van der Waals surface area contributed by atoms with Crippen LogP contribution in [0.15, 0.2) is 40.4 Å². The molecule has 1 saturated heterocycles. The molecule has 0 amide bonds. The molecule has 3 heterocycles. The summed E-state index contributed by atoms with van der Waals surface area (Å²) in [7, 11) is -3.56. The first-order valence-corrected chi connectivity index (χ1v) is 13.4. The molecular formula is C19H24N6O4S3. The molecule has 1 atom stereocenters. The van der Waals surface area contributed by atoms with Crippen LogP contribution in [0.3, 0.4) is 0 Å². The summed E-state index contributed by atoms with van der Waals surface area (Å²) >= 11 is 2.91. The van der Waals surface area contributed by atoms with Crippen LogP contribution in [0, 0.1) is 0 Å². The minimum absolute atomic E-state index is 0.249. The molecule has 1 unspecified atom stereocenters. The Hall–Kier alpha value is -2.03. The molecule has 0 bridgehead atoms. The summed E-state index contributed by atoms with van der Waals surface area (Å²) in [5, 5.41) is 17.0. The second-order valence-corrected chi connectivity index (χ2v) is 10.9. The van der Waals surface area contributed by atoms with Gasteiger partial charge < -0.3 is 20.5 Å². The van der Waals surface area contributed by atoms with Crippen molar-refractivity contribution in [2.45, 2.75) is 15.9 Å². The van der Waals surface area contributed by atoms with Crippen molar-refractivity contribution in [3.8, 4) is 0 Å². The van der Waals surface area contributed by atoms with Gasteiger partial charge in [0, 0.05) is 43.5 Å². The van der Waals surface area contributed by atoms with E-state index < -0.39 is 16.1 Å². The second-order valence-electron chi connectivity index (χ2n) is 7.03. The van der Waals surface area contributed by atoms with Crippen molar-refractivity contribution in [1.29, 1.82) is 0 Å². The van der Waals surface area contributed by atoms with Gasteiger partial charge in [-0.1, -0.05) is 11.3 Å². The van der Waals surface area contributed by atoms with Crippen molar-refractivity contribution in [1.82, 2.24) is 19.3 Å². The molecule has 172 valence electrons. The number of nitrogens with one attached hydrogen (secondary N) is 2. The van der Waals surface area contributed by atoms with E-state index >= 15 is 0 Å². The van der Waals surface area contributed by atoms with E-state index in [2.05, 4.69) is 25.6 Å². The smallest absolute Gasteiger partial charge is 0.243 e. The number of nitrogens with zero attached hydrogens (tertiary/aromatic N) is 4. The molecule has 0 aliphatic carbocycles. The Balaban J connectivity index is 1.35. The summed E-state index contributed by atoms with van der Waals surface area (Å²) in [6.07, 6.45) is 4.70. The number of thioether (sulfide) groups is 1. The monoisotopic (exact) mass is 496 g/mol. The highest BCUT2D eigenvalue weighted by Gasteiger charge is 2.26.